The number of carboxylic acid groups (broad SMARTS) is 1. The summed E-state index contributed by atoms with van der Waals surface area (Å²) in [5.74, 6) is -1.30. The molecule has 2 aromatic carbocycles. The normalized spacial score (nSPS) is 14.2. The van der Waals surface area contributed by atoms with E-state index in [0.717, 1.165) is 22.3 Å². The summed E-state index contributed by atoms with van der Waals surface area (Å²) in [6.07, 6.45) is -0.102. The minimum Gasteiger partial charge on any atom is -0.481 e. The summed E-state index contributed by atoms with van der Waals surface area (Å²) in [6, 6.07) is 15.4. The van der Waals surface area contributed by atoms with Gasteiger partial charge in [0.25, 0.3) is 0 Å². The van der Waals surface area contributed by atoms with Gasteiger partial charge in [-0.1, -0.05) is 69.3 Å². The van der Waals surface area contributed by atoms with Crippen molar-refractivity contribution in [2.75, 3.05) is 6.61 Å². The smallest absolute Gasteiger partial charge is 0.407 e. The average molecular weight is 453 g/mol. The first-order chi connectivity index (χ1) is 15.8. The molecule has 33 heavy (non-hydrogen) atoms. The number of carboxylic acids is 1. The van der Waals surface area contributed by atoms with Crippen LogP contribution in [0.1, 0.15) is 57.1 Å². The van der Waals surface area contributed by atoms with Crippen molar-refractivity contribution in [1.82, 2.24) is 10.6 Å². The Bertz CT molecular complexity index is 958. The summed E-state index contributed by atoms with van der Waals surface area (Å²) in [7, 11) is 0. The van der Waals surface area contributed by atoms with Gasteiger partial charge in [0.2, 0.25) is 5.91 Å². The van der Waals surface area contributed by atoms with Crippen molar-refractivity contribution in [3.63, 3.8) is 0 Å². The summed E-state index contributed by atoms with van der Waals surface area (Å²) in [5, 5.41) is 14.6. The number of carbonyl (C=O) groups is 3. The lowest BCUT2D eigenvalue weighted by molar-refractivity contribution is -0.138. The Labute approximate surface area is 194 Å². The lowest BCUT2D eigenvalue weighted by Gasteiger charge is -2.23. The molecule has 2 aromatic rings. The van der Waals surface area contributed by atoms with Gasteiger partial charge in [0.1, 0.15) is 6.61 Å². The van der Waals surface area contributed by atoms with Gasteiger partial charge in [-0.3, -0.25) is 9.59 Å². The van der Waals surface area contributed by atoms with E-state index in [4.69, 9.17) is 9.84 Å². The van der Waals surface area contributed by atoms with E-state index < -0.39 is 24.1 Å². The van der Waals surface area contributed by atoms with E-state index in [1.165, 1.54) is 0 Å². The van der Waals surface area contributed by atoms with Crippen molar-refractivity contribution in [3.05, 3.63) is 59.7 Å². The van der Waals surface area contributed by atoms with Gasteiger partial charge in [-0.25, -0.2) is 4.79 Å². The number of amides is 2. The molecule has 0 saturated heterocycles. The quantitative estimate of drug-likeness (QED) is 0.498. The molecule has 2 amide bonds. The summed E-state index contributed by atoms with van der Waals surface area (Å²) in [6.45, 7) is 5.80. The van der Waals surface area contributed by atoms with Crippen LogP contribution < -0.4 is 10.6 Å². The van der Waals surface area contributed by atoms with Crippen molar-refractivity contribution < 1.29 is 24.2 Å². The summed E-state index contributed by atoms with van der Waals surface area (Å²) in [4.78, 5) is 36.0. The number of aliphatic carboxylic acids is 1. The molecule has 0 bridgehead atoms. The van der Waals surface area contributed by atoms with Crippen molar-refractivity contribution >= 4 is 18.0 Å². The van der Waals surface area contributed by atoms with Crippen LogP contribution in [0, 0.1) is 5.92 Å². The number of hydrogen-bond donors (Lipinski definition) is 3. The predicted molar refractivity (Wildman–Crippen MR) is 126 cm³/mol. The van der Waals surface area contributed by atoms with E-state index in [2.05, 4.69) is 34.9 Å². The number of alkyl carbamates (subject to hydrolysis) is 1. The summed E-state index contributed by atoms with van der Waals surface area (Å²) in [5.41, 5.74) is 4.59. The maximum Gasteiger partial charge on any atom is 0.407 e. The van der Waals surface area contributed by atoms with Gasteiger partial charge in [-0.05, 0) is 34.6 Å². The Hall–Kier alpha value is -3.35. The van der Waals surface area contributed by atoms with E-state index in [1.807, 2.05) is 45.0 Å². The molecule has 0 saturated carbocycles. The van der Waals surface area contributed by atoms with Gasteiger partial charge >= 0.3 is 12.1 Å². The van der Waals surface area contributed by atoms with Gasteiger partial charge in [-0.15, -0.1) is 0 Å². The molecule has 176 valence electrons. The zero-order chi connectivity index (χ0) is 24.0. The highest BCUT2D eigenvalue weighted by molar-refractivity contribution is 5.80. The Kier molecular flexibility index (Phi) is 8.09. The topological polar surface area (TPSA) is 105 Å². The van der Waals surface area contributed by atoms with Crippen molar-refractivity contribution in [3.8, 4) is 11.1 Å². The highest BCUT2D eigenvalue weighted by Crippen LogP contribution is 2.44. The monoisotopic (exact) mass is 452 g/mol. The number of ether oxygens (including phenoxy) is 1. The Balaban J connectivity index is 1.55. The molecule has 7 heteroatoms. The first-order valence-electron chi connectivity index (χ1n) is 11.4. The number of hydrogen-bond acceptors (Lipinski definition) is 4. The van der Waals surface area contributed by atoms with Gasteiger partial charge in [0, 0.05) is 24.4 Å². The molecule has 3 rings (SSSR count). The first-order valence-corrected chi connectivity index (χ1v) is 11.4. The van der Waals surface area contributed by atoms with E-state index in [-0.39, 0.29) is 37.2 Å². The fourth-order valence-corrected chi connectivity index (χ4v) is 4.24. The molecule has 0 aromatic heterocycles. The molecule has 7 nitrogen and oxygen atoms in total. The van der Waals surface area contributed by atoms with Crippen LogP contribution in [0.2, 0.25) is 0 Å². The van der Waals surface area contributed by atoms with Crippen LogP contribution in [-0.4, -0.2) is 41.8 Å². The van der Waals surface area contributed by atoms with Crippen molar-refractivity contribution in [2.24, 2.45) is 5.92 Å². The third-order valence-electron chi connectivity index (χ3n) is 6.14. The van der Waals surface area contributed by atoms with Crippen LogP contribution in [0.4, 0.5) is 4.79 Å². The lowest BCUT2D eigenvalue weighted by Crippen LogP contribution is -2.44. The molecule has 0 fully saturated rings. The molecule has 2 atom stereocenters. The van der Waals surface area contributed by atoms with Gasteiger partial charge in [-0.2, -0.15) is 0 Å². The second-order valence-electron chi connectivity index (χ2n) is 8.80. The summed E-state index contributed by atoms with van der Waals surface area (Å²) >= 11 is 0. The van der Waals surface area contributed by atoms with E-state index >= 15 is 0 Å². The molecular formula is C26H32N2O5. The average Bonchev–Trinajstić information content (AvgIpc) is 3.10. The molecule has 1 aliphatic rings. The van der Waals surface area contributed by atoms with Gasteiger partial charge in [0.15, 0.2) is 0 Å². The van der Waals surface area contributed by atoms with Crippen molar-refractivity contribution in [2.45, 2.75) is 58.0 Å². The Morgan fingerprint density at radius 2 is 1.52 bits per heavy atom. The first kappa shape index (κ1) is 24.3. The fourth-order valence-electron chi connectivity index (χ4n) is 4.24. The molecule has 0 spiro atoms. The number of fused-ring (bicyclic) bond motifs is 3. The molecule has 3 N–H and O–H groups in total. The standard InChI is InChI=1S/C26H32N2O5/c1-4-17(13-24(29)28-23(16(2)3)14-25(30)31)27-26(32)33-15-22-20-11-7-5-9-18(20)19-10-6-8-12-21(19)22/h5-12,16-17,22-23H,4,13-15H2,1-3H3,(H,27,32)(H,28,29)(H,30,31)/t17-,23+/m0/s1. The molecule has 0 heterocycles. The number of carbonyl (C=O) groups excluding carboxylic acids is 2. The van der Waals surface area contributed by atoms with Gasteiger partial charge < -0.3 is 20.5 Å². The second-order valence-corrected chi connectivity index (χ2v) is 8.80. The molecule has 0 aliphatic heterocycles. The lowest BCUT2D eigenvalue weighted by atomic mass is 9.98. The van der Waals surface area contributed by atoms with Crippen LogP contribution in [0.5, 0.6) is 0 Å². The Morgan fingerprint density at radius 1 is 0.939 bits per heavy atom. The van der Waals surface area contributed by atoms with Gasteiger partial charge in [0.05, 0.1) is 6.42 Å². The molecule has 1 aliphatic carbocycles. The minimum atomic E-state index is -0.960. The highest BCUT2D eigenvalue weighted by Gasteiger charge is 2.29. The van der Waals surface area contributed by atoms with Crippen molar-refractivity contribution in [1.29, 1.82) is 0 Å². The zero-order valence-corrected chi connectivity index (χ0v) is 19.3. The van der Waals surface area contributed by atoms with Crippen LogP contribution in [0.25, 0.3) is 11.1 Å². The third kappa shape index (κ3) is 6.12. The largest absolute Gasteiger partial charge is 0.481 e. The minimum absolute atomic E-state index is 0.0137. The predicted octanol–water partition coefficient (Wildman–Crippen LogP) is 4.31. The fraction of sp³-hybridized carbons (Fsp3) is 0.423. The van der Waals surface area contributed by atoms with Crippen LogP contribution in [-0.2, 0) is 14.3 Å². The second kappa shape index (κ2) is 11.0. The molecule has 0 radical (unpaired) electrons. The highest BCUT2D eigenvalue weighted by atomic mass is 16.5. The van der Waals surface area contributed by atoms with E-state index in [0.29, 0.717) is 6.42 Å². The van der Waals surface area contributed by atoms with Crippen LogP contribution in [0.15, 0.2) is 48.5 Å². The zero-order valence-electron chi connectivity index (χ0n) is 19.3. The summed E-state index contributed by atoms with van der Waals surface area (Å²) < 4.78 is 5.57. The number of benzene rings is 2. The maximum absolute atomic E-state index is 12.5. The third-order valence-corrected chi connectivity index (χ3v) is 6.14. The molecule has 0 unspecified atom stereocenters. The number of rotatable bonds is 10. The Morgan fingerprint density at radius 3 is 2.03 bits per heavy atom. The molecular weight excluding hydrogens is 420 g/mol. The maximum atomic E-state index is 12.5. The number of nitrogens with one attached hydrogen (secondary N) is 2. The van der Waals surface area contributed by atoms with Crippen LogP contribution >= 0.6 is 0 Å². The van der Waals surface area contributed by atoms with E-state index in [9.17, 15) is 14.4 Å². The van der Waals surface area contributed by atoms with E-state index in [1.54, 1.807) is 0 Å². The van der Waals surface area contributed by atoms with Crippen LogP contribution in [0.3, 0.4) is 0 Å². The SMILES string of the molecule is CC[C@@H](CC(=O)N[C@H](CC(=O)O)C(C)C)NC(=O)OCC1c2ccccc2-c2ccccc21.